The minimum Gasteiger partial charge on any atom is -0.497 e. The Hall–Kier alpha value is -2.64. The van der Waals surface area contributed by atoms with Gasteiger partial charge < -0.3 is 19.5 Å². The second-order valence-corrected chi connectivity index (χ2v) is 6.53. The molecule has 0 saturated heterocycles. The van der Waals surface area contributed by atoms with Gasteiger partial charge in [-0.25, -0.2) is 4.39 Å². The lowest BCUT2D eigenvalue weighted by atomic mass is 10.1. The molecule has 0 aliphatic heterocycles. The predicted octanol–water partition coefficient (Wildman–Crippen LogP) is 4.46. The number of hydrogen-bond acceptors (Lipinski definition) is 5. The molecule has 0 spiro atoms. The van der Waals surface area contributed by atoms with Gasteiger partial charge in [-0.2, -0.15) is 0 Å². The van der Waals surface area contributed by atoms with Crippen molar-refractivity contribution in [2.75, 3.05) is 26.6 Å². The molecule has 3 rings (SSSR count). The molecule has 0 unspecified atom stereocenters. The molecule has 0 atom stereocenters. The molecule has 1 heterocycles. The minimum atomic E-state index is -0.371. The Labute approximate surface area is 154 Å². The van der Waals surface area contributed by atoms with Crippen LogP contribution in [0.2, 0.25) is 0 Å². The van der Waals surface area contributed by atoms with Gasteiger partial charge in [-0.15, -0.1) is 11.3 Å². The highest BCUT2D eigenvalue weighted by Gasteiger charge is 2.21. The Morgan fingerprint density at radius 3 is 2.65 bits per heavy atom. The Morgan fingerprint density at radius 2 is 1.96 bits per heavy atom. The summed E-state index contributed by atoms with van der Waals surface area (Å²) in [6.45, 7) is 0.138. The average molecular weight is 375 g/mol. The number of rotatable bonds is 6. The number of methoxy groups -OCH3 is 3. The van der Waals surface area contributed by atoms with Gasteiger partial charge in [0, 0.05) is 28.8 Å². The van der Waals surface area contributed by atoms with Crippen molar-refractivity contribution in [1.29, 1.82) is 0 Å². The van der Waals surface area contributed by atoms with E-state index >= 15 is 0 Å². The molecule has 3 aromatic rings. The SMILES string of the molecule is COCc1c(C(=O)Nc2cc(OC)ccc2OC)sc2cccc(F)c12. The van der Waals surface area contributed by atoms with Crippen molar-refractivity contribution in [3.63, 3.8) is 0 Å². The number of amides is 1. The number of ether oxygens (including phenoxy) is 3. The fraction of sp³-hybridized carbons (Fsp3) is 0.211. The first kappa shape index (κ1) is 18.2. The van der Waals surface area contributed by atoms with Gasteiger partial charge in [0.05, 0.1) is 31.4 Å². The summed E-state index contributed by atoms with van der Waals surface area (Å²) in [5.41, 5.74) is 1.00. The van der Waals surface area contributed by atoms with Gasteiger partial charge in [0.2, 0.25) is 0 Å². The van der Waals surface area contributed by atoms with E-state index in [9.17, 15) is 9.18 Å². The summed E-state index contributed by atoms with van der Waals surface area (Å²) in [6.07, 6.45) is 0. The highest BCUT2D eigenvalue weighted by atomic mass is 32.1. The van der Waals surface area contributed by atoms with Gasteiger partial charge in [-0.1, -0.05) is 6.07 Å². The number of fused-ring (bicyclic) bond motifs is 1. The third-order valence-electron chi connectivity index (χ3n) is 3.91. The number of carbonyl (C=O) groups excluding carboxylic acids is 1. The smallest absolute Gasteiger partial charge is 0.266 e. The summed E-state index contributed by atoms with van der Waals surface area (Å²) in [5, 5.41) is 3.24. The lowest BCUT2D eigenvalue weighted by molar-refractivity contribution is 0.102. The molecule has 1 N–H and O–H groups in total. The normalized spacial score (nSPS) is 10.8. The fourth-order valence-corrected chi connectivity index (χ4v) is 3.84. The van der Waals surface area contributed by atoms with E-state index in [-0.39, 0.29) is 18.3 Å². The lowest BCUT2D eigenvalue weighted by Crippen LogP contribution is -2.13. The molecule has 2 aromatic carbocycles. The number of thiophene rings is 1. The Balaban J connectivity index is 2.03. The highest BCUT2D eigenvalue weighted by Crippen LogP contribution is 2.35. The first-order chi connectivity index (χ1) is 12.6. The molecule has 0 radical (unpaired) electrons. The van der Waals surface area contributed by atoms with Crippen LogP contribution in [-0.2, 0) is 11.3 Å². The predicted molar refractivity (Wildman–Crippen MR) is 100.0 cm³/mol. The monoisotopic (exact) mass is 375 g/mol. The average Bonchev–Trinajstić information content (AvgIpc) is 3.02. The number of anilines is 1. The van der Waals surface area contributed by atoms with Gasteiger partial charge >= 0.3 is 0 Å². The lowest BCUT2D eigenvalue weighted by Gasteiger charge is -2.12. The van der Waals surface area contributed by atoms with Crippen molar-refractivity contribution in [3.05, 3.63) is 52.7 Å². The van der Waals surface area contributed by atoms with Crippen LogP contribution >= 0.6 is 11.3 Å². The van der Waals surface area contributed by atoms with Crippen LogP contribution in [0.4, 0.5) is 10.1 Å². The second-order valence-electron chi connectivity index (χ2n) is 5.48. The van der Waals surface area contributed by atoms with Gasteiger partial charge in [-0.05, 0) is 24.3 Å². The molecule has 1 amide bonds. The van der Waals surface area contributed by atoms with Crippen molar-refractivity contribution in [1.82, 2.24) is 0 Å². The Morgan fingerprint density at radius 1 is 1.15 bits per heavy atom. The van der Waals surface area contributed by atoms with Gasteiger partial charge in [-0.3, -0.25) is 4.79 Å². The first-order valence-electron chi connectivity index (χ1n) is 7.81. The van der Waals surface area contributed by atoms with E-state index in [1.807, 2.05) is 0 Å². The van der Waals surface area contributed by atoms with Gasteiger partial charge in [0.25, 0.3) is 5.91 Å². The maximum Gasteiger partial charge on any atom is 0.266 e. The van der Waals surface area contributed by atoms with Gasteiger partial charge in [0.15, 0.2) is 0 Å². The summed E-state index contributed by atoms with van der Waals surface area (Å²) in [4.78, 5) is 13.3. The van der Waals surface area contributed by atoms with Crippen LogP contribution in [0.1, 0.15) is 15.2 Å². The van der Waals surface area contributed by atoms with Crippen molar-refractivity contribution in [3.8, 4) is 11.5 Å². The summed E-state index contributed by atoms with van der Waals surface area (Å²) < 4.78 is 30.6. The number of carbonyl (C=O) groups is 1. The summed E-state index contributed by atoms with van der Waals surface area (Å²) >= 11 is 1.22. The van der Waals surface area contributed by atoms with Crippen molar-refractivity contribution < 1.29 is 23.4 Å². The number of nitrogens with one attached hydrogen (secondary N) is 1. The molecule has 26 heavy (non-hydrogen) atoms. The van der Waals surface area contributed by atoms with Crippen LogP contribution in [0.15, 0.2) is 36.4 Å². The van der Waals surface area contributed by atoms with Crippen molar-refractivity contribution >= 4 is 33.0 Å². The highest BCUT2D eigenvalue weighted by molar-refractivity contribution is 7.21. The molecule has 136 valence electrons. The van der Waals surface area contributed by atoms with Crippen molar-refractivity contribution in [2.24, 2.45) is 0 Å². The maximum atomic E-state index is 14.3. The topological polar surface area (TPSA) is 56.8 Å². The molecule has 0 aliphatic rings. The Kier molecular flexibility index (Phi) is 5.39. The van der Waals surface area contributed by atoms with Crippen LogP contribution < -0.4 is 14.8 Å². The molecular formula is C19H18FNO4S. The number of benzene rings is 2. The van der Waals surface area contributed by atoms with Crippen LogP contribution in [-0.4, -0.2) is 27.2 Å². The van der Waals surface area contributed by atoms with E-state index in [4.69, 9.17) is 14.2 Å². The number of halogens is 1. The van der Waals surface area contributed by atoms with Crippen LogP contribution in [0, 0.1) is 5.82 Å². The van der Waals surface area contributed by atoms with E-state index in [1.54, 1.807) is 37.4 Å². The summed E-state index contributed by atoms with van der Waals surface area (Å²) in [5.74, 6) is 0.355. The first-order valence-corrected chi connectivity index (χ1v) is 8.63. The van der Waals surface area contributed by atoms with E-state index < -0.39 is 0 Å². The van der Waals surface area contributed by atoms with Crippen LogP contribution in [0.3, 0.4) is 0 Å². The largest absolute Gasteiger partial charge is 0.497 e. The third kappa shape index (κ3) is 3.36. The van der Waals surface area contributed by atoms with E-state index in [0.29, 0.717) is 37.7 Å². The summed E-state index contributed by atoms with van der Waals surface area (Å²) in [6, 6.07) is 9.89. The minimum absolute atomic E-state index is 0.138. The van der Waals surface area contributed by atoms with E-state index in [1.165, 1.54) is 31.6 Å². The quantitative estimate of drug-likeness (QED) is 0.691. The molecule has 5 nitrogen and oxygen atoms in total. The molecule has 0 fully saturated rings. The fourth-order valence-electron chi connectivity index (χ4n) is 2.72. The molecule has 1 aromatic heterocycles. The van der Waals surface area contributed by atoms with E-state index in [2.05, 4.69) is 5.32 Å². The standard InChI is InChI=1S/C19H18FNO4S/c1-23-10-12-17-13(20)5-4-6-16(17)26-18(12)19(22)21-14-9-11(24-2)7-8-15(14)25-3/h4-9H,10H2,1-3H3,(H,21,22). The summed E-state index contributed by atoms with van der Waals surface area (Å²) in [7, 11) is 4.57. The zero-order valence-electron chi connectivity index (χ0n) is 14.6. The van der Waals surface area contributed by atoms with E-state index in [0.717, 1.165) is 0 Å². The zero-order valence-corrected chi connectivity index (χ0v) is 15.4. The second kappa shape index (κ2) is 7.72. The molecule has 0 bridgehead atoms. The third-order valence-corrected chi connectivity index (χ3v) is 5.11. The van der Waals surface area contributed by atoms with Gasteiger partial charge in [0.1, 0.15) is 17.3 Å². The molecular weight excluding hydrogens is 357 g/mol. The van der Waals surface area contributed by atoms with Crippen LogP contribution in [0.5, 0.6) is 11.5 Å². The molecule has 7 heteroatoms. The number of hydrogen-bond donors (Lipinski definition) is 1. The zero-order chi connectivity index (χ0) is 18.7. The van der Waals surface area contributed by atoms with Crippen molar-refractivity contribution in [2.45, 2.75) is 6.61 Å². The molecule has 0 saturated carbocycles. The molecule has 0 aliphatic carbocycles. The Bertz CT molecular complexity index is 954. The maximum absolute atomic E-state index is 14.3. The van der Waals surface area contributed by atoms with Crippen LogP contribution in [0.25, 0.3) is 10.1 Å².